The second-order valence-corrected chi connectivity index (χ2v) is 24.1. The standard InChI is InChI=1S/C66H43BN3O2Si/c1-3-19-45(20-4-1)73(46-21-5-2-6-22-46)63-41-43(68-53-29-13-7-23-47(53)48-24-8-14-30-54(48)68)35-37-57(63)70(58-38-36-44(42-64(58)73)69-55-31-15-9-25-49(55)50-26-10-16-32-56(50)69)59-39-40-62-65-66(59)72-61-34-18-12-28-52(61)67(65)51-27-11-17-33-60(51)71-62/h1-42,73H/q-1. The molecule has 0 saturated heterocycles. The van der Waals surface area contributed by atoms with Crippen molar-refractivity contribution in [2.75, 3.05) is 4.90 Å². The molecule has 0 atom stereocenters. The van der Waals surface area contributed by atoms with Crippen LogP contribution in [-0.4, -0.2) is 23.9 Å². The molecule has 5 nitrogen and oxygen atoms in total. The molecule has 16 rings (SSSR count). The van der Waals surface area contributed by atoms with Gasteiger partial charge in [0.1, 0.15) is 0 Å². The molecule has 73 heavy (non-hydrogen) atoms. The predicted molar refractivity (Wildman–Crippen MR) is 306 cm³/mol. The predicted octanol–water partition coefficient (Wildman–Crippen LogP) is 11.5. The Morgan fingerprint density at radius 2 is 0.726 bits per heavy atom. The normalized spacial score (nSPS) is 14.2. The van der Waals surface area contributed by atoms with E-state index in [0.717, 1.165) is 67.8 Å². The zero-order valence-electron chi connectivity index (χ0n) is 39.6. The van der Waals surface area contributed by atoms with E-state index in [4.69, 9.17) is 9.47 Å². The molecule has 0 bridgehead atoms. The number of nitrogens with zero attached hydrogens (tertiary/aromatic N) is 3. The first-order valence-corrected chi connectivity index (χ1v) is 27.6. The zero-order chi connectivity index (χ0) is 47.8. The van der Waals surface area contributed by atoms with E-state index in [1.54, 1.807) is 0 Å². The van der Waals surface area contributed by atoms with Crippen LogP contribution in [0, 0.1) is 0 Å². The van der Waals surface area contributed by atoms with Crippen molar-refractivity contribution in [1.82, 2.24) is 9.13 Å². The number of rotatable bonds is 5. The third-order valence-electron chi connectivity index (χ3n) is 16.3. The first kappa shape index (κ1) is 40.4. The summed E-state index contributed by atoms with van der Waals surface area (Å²) in [5.74, 6) is 3.36. The van der Waals surface area contributed by atoms with Crippen LogP contribution < -0.4 is 51.5 Å². The summed E-state index contributed by atoms with van der Waals surface area (Å²) in [6.07, 6.45) is 0. The minimum absolute atomic E-state index is 0.0806. The van der Waals surface area contributed by atoms with Gasteiger partial charge in [0.25, 0.3) is 0 Å². The third-order valence-corrected chi connectivity index (χ3v) is 21.8. The zero-order valence-corrected chi connectivity index (χ0v) is 40.7. The average molecular weight is 949 g/mol. The molecule has 0 unspecified atom stereocenters. The number of ether oxygens (including phenoxy) is 2. The van der Waals surface area contributed by atoms with Gasteiger partial charge in [0.15, 0.2) is 0 Å². The molecule has 0 amide bonds. The van der Waals surface area contributed by atoms with Gasteiger partial charge in [-0.05, 0) is 0 Å². The van der Waals surface area contributed by atoms with E-state index in [2.05, 4.69) is 269 Å². The summed E-state index contributed by atoms with van der Waals surface area (Å²) in [5, 5.41) is 10.2. The summed E-state index contributed by atoms with van der Waals surface area (Å²) < 4.78 is 19.1. The van der Waals surface area contributed by atoms with Crippen molar-refractivity contribution in [2.45, 2.75) is 0 Å². The molecule has 2 aromatic heterocycles. The van der Waals surface area contributed by atoms with Crippen molar-refractivity contribution in [3.05, 3.63) is 255 Å². The summed E-state index contributed by atoms with van der Waals surface area (Å²) in [4.78, 5) is 2.52. The Kier molecular flexibility index (Phi) is 8.50. The molecule has 0 spiro atoms. The second-order valence-electron chi connectivity index (χ2n) is 19.8. The summed E-state index contributed by atoms with van der Waals surface area (Å²) in [6, 6.07) is 94.1. The summed E-state index contributed by atoms with van der Waals surface area (Å²) >= 11 is 0. The first-order valence-electron chi connectivity index (χ1n) is 25.3. The SMILES string of the molecule is c1ccc([SiH-]2(c3ccccc3)c3cc(-n4c5ccccc5c5ccccc54)ccc3N(c3ccc4c5c3Oc3ccccc3B5c3ccccc3O4)c3ccc(-n4c5ccccc5c5ccccc54)cc32)cc1. The molecular formula is C66H43BN3O2Si-. The van der Waals surface area contributed by atoms with Crippen LogP contribution in [0.4, 0.5) is 17.1 Å². The summed E-state index contributed by atoms with van der Waals surface area (Å²) in [5.41, 5.74) is 13.5. The fourth-order valence-electron chi connectivity index (χ4n) is 13.4. The summed E-state index contributed by atoms with van der Waals surface area (Å²) in [7, 11) is -3.80. The number of anilines is 3. The van der Waals surface area contributed by atoms with E-state index >= 15 is 0 Å². The van der Waals surface area contributed by atoms with Crippen LogP contribution in [-0.2, 0) is 0 Å². The van der Waals surface area contributed by atoms with Gasteiger partial charge in [-0.1, -0.05) is 0 Å². The molecule has 5 heterocycles. The third kappa shape index (κ3) is 5.57. The number of hydrogen-bond donors (Lipinski definition) is 0. The monoisotopic (exact) mass is 948 g/mol. The molecule has 0 fully saturated rings. The van der Waals surface area contributed by atoms with Gasteiger partial charge in [0.05, 0.1) is 0 Å². The Balaban J connectivity index is 1.05. The van der Waals surface area contributed by atoms with E-state index in [0.29, 0.717) is 0 Å². The van der Waals surface area contributed by atoms with Crippen LogP contribution in [0.25, 0.3) is 55.0 Å². The molecule has 0 N–H and O–H groups in total. The van der Waals surface area contributed by atoms with Crippen molar-refractivity contribution in [3.8, 4) is 34.4 Å². The van der Waals surface area contributed by atoms with Crippen LogP contribution in [0.15, 0.2) is 255 Å². The quantitative estimate of drug-likeness (QED) is 0.161. The molecule has 0 saturated carbocycles. The van der Waals surface area contributed by atoms with Crippen LogP contribution in [0.3, 0.4) is 0 Å². The molecule has 7 heteroatoms. The molecule has 11 aromatic carbocycles. The van der Waals surface area contributed by atoms with E-state index in [1.165, 1.54) is 64.4 Å². The van der Waals surface area contributed by atoms with Crippen LogP contribution in [0.1, 0.15) is 0 Å². The minimum atomic E-state index is -3.80. The van der Waals surface area contributed by atoms with Crippen LogP contribution in [0.5, 0.6) is 23.0 Å². The molecule has 0 aliphatic carbocycles. The Labute approximate surface area is 423 Å². The van der Waals surface area contributed by atoms with Gasteiger partial charge in [-0.15, -0.1) is 0 Å². The average Bonchev–Trinajstić information content (AvgIpc) is 3.98. The van der Waals surface area contributed by atoms with E-state index in [9.17, 15) is 0 Å². The fraction of sp³-hybridized carbons (Fsp3) is 0. The van der Waals surface area contributed by atoms with Crippen molar-refractivity contribution in [3.63, 3.8) is 0 Å². The van der Waals surface area contributed by atoms with Gasteiger partial charge >= 0.3 is 425 Å². The first-order chi connectivity index (χ1) is 36.2. The van der Waals surface area contributed by atoms with Gasteiger partial charge in [0.2, 0.25) is 0 Å². The molecule has 342 valence electrons. The Hall–Kier alpha value is -9.30. The van der Waals surface area contributed by atoms with E-state index in [-0.39, 0.29) is 6.71 Å². The molecule has 13 aromatic rings. The molecule has 0 radical (unpaired) electrons. The maximum absolute atomic E-state index is 7.32. The number of para-hydroxylation sites is 6. The number of benzene rings is 11. The van der Waals surface area contributed by atoms with E-state index in [1.807, 2.05) is 0 Å². The summed E-state index contributed by atoms with van der Waals surface area (Å²) in [6.45, 7) is -0.0806. The Morgan fingerprint density at radius 3 is 1.21 bits per heavy atom. The second kappa shape index (κ2) is 15.4. The Morgan fingerprint density at radius 1 is 0.329 bits per heavy atom. The van der Waals surface area contributed by atoms with E-state index < -0.39 is 8.07 Å². The van der Waals surface area contributed by atoms with Gasteiger partial charge in [-0.2, -0.15) is 0 Å². The van der Waals surface area contributed by atoms with Gasteiger partial charge in [0, 0.05) is 0 Å². The number of aromatic nitrogens is 2. The molecular weight excluding hydrogens is 906 g/mol. The van der Waals surface area contributed by atoms with Crippen molar-refractivity contribution >= 4 is 113 Å². The fourth-order valence-corrected chi connectivity index (χ4v) is 19.3. The Bertz CT molecular complexity index is 4110. The number of fused-ring (bicyclic) bond motifs is 12. The van der Waals surface area contributed by atoms with Crippen LogP contribution >= 0.6 is 0 Å². The van der Waals surface area contributed by atoms with Crippen LogP contribution in [0.2, 0.25) is 0 Å². The van der Waals surface area contributed by atoms with Crippen molar-refractivity contribution in [2.24, 2.45) is 0 Å². The maximum atomic E-state index is 7.32. The molecule has 3 aliphatic heterocycles. The van der Waals surface area contributed by atoms with Gasteiger partial charge < -0.3 is 0 Å². The van der Waals surface area contributed by atoms with Gasteiger partial charge in [-0.3, -0.25) is 0 Å². The topological polar surface area (TPSA) is 31.6 Å². The van der Waals surface area contributed by atoms with Crippen molar-refractivity contribution in [1.29, 1.82) is 0 Å². The van der Waals surface area contributed by atoms with Crippen molar-refractivity contribution < 1.29 is 9.47 Å². The van der Waals surface area contributed by atoms with Gasteiger partial charge in [-0.25, -0.2) is 0 Å². The number of hydrogen-bond acceptors (Lipinski definition) is 3. The molecule has 3 aliphatic rings.